The van der Waals surface area contributed by atoms with Crippen molar-refractivity contribution in [3.63, 3.8) is 0 Å². The number of fused-ring (bicyclic) bond motifs is 3. The highest BCUT2D eigenvalue weighted by molar-refractivity contribution is 5.85. The van der Waals surface area contributed by atoms with Crippen molar-refractivity contribution >= 4 is 18.0 Å². The molecule has 7 heteroatoms. The Balaban J connectivity index is 1.44. The zero-order chi connectivity index (χ0) is 22.2. The molecule has 0 radical (unpaired) electrons. The van der Waals surface area contributed by atoms with E-state index in [2.05, 4.69) is 22.8 Å². The fourth-order valence-electron chi connectivity index (χ4n) is 3.83. The Morgan fingerprint density at radius 2 is 1.58 bits per heavy atom. The van der Waals surface area contributed by atoms with E-state index < -0.39 is 18.1 Å². The van der Waals surface area contributed by atoms with Crippen LogP contribution in [0.4, 0.5) is 4.79 Å². The minimum Gasteiger partial charge on any atom is -0.481 e. The maximum Gasteiger partial charge on any atom is 0.407 e. The first-order valence-electron chi connectivity index (χ1n) is 10.6. The van der Waals surface area contributed by atoms with Gasteiger partial charge in [0.05, 0.1) is 0 Å². The lowest BCUT2D eigenvalue weighted by Gasteiger charge is -2.17. The summed E-state index contributed by atoms with van der Waals surface area (Å²) >= 11 is 0. The van der Waals surface area contributed by atoms with Gasteiger partial charge in [0.25, 0.3) is 0 Å². The Morgan fingerprint density at radius 1 is 0.968 bits per heavy atom. The molecule has 1 aliphatic rings. The summed E-state index contributed by atoms with van der Waals surface area (Å²) in [6.07, 6.45) is 1.50. The highest BCUT2D eigenvalue weighted by Crippen LogP contribution is 2.44. The number of carbonyl (C=O) groups is 3. The highest BCUT2D eigenvalue weighted by atomic mass is 16.5. The van der Waals surface area contributed by atoms with Gasteiger partial charge in [0.1, 0.15) is 12.6 Å². The van der Waals surface area contributed by atoms with Crippen LogP contribution >= 0.6 is 0 Å². The van der Waals surface area contributed by atoms with Crippen molar-refractivity contribution in [3.05, 3.63) is 59.7 Å². The third-order valence-corrected chi connectivity index (χ3v) is 5.44. The molecule has 0 aromatic heterocycles. The molecule has 2 amide bonds. The zero-order valence-corrected chi connectivity index (χ0v) is 17.6. The predicted octanol–water partition coefficient (Wildman–Crippen LogP) is 3.67. The van der Waals surface area contributed by atoms with E-state index in [1.54, 1.807) is 6.92 Å². The fraction of sp³-hybridized carbons (Fsp3) is 0.375. The number of nitrogens with one attached hydrogen (secondary N) is 2. The van der Waals surface area contributed by atoms with Crippen LogP contribution < -0.4 is 10.6 Å². The zero-order valence-electron chi connectivity index (χ0n) is 17.6. The number of ether oxygens (including phenoxy) is 1. The van der Waals surface area contributed by atoms with Gasteiger partial charge in [-0.2, -0.15) is 0 Å². The van der Waals surface area contributed by atoms with Crippen molar-refractivity contribution in [2.75, 3.05) is 13.2 Å². The number of unbranched alkanes of at least 4 members (excludes halogenated alkanes) is 2. The number of hydrogen-bond donors (Lipinski definition) is 3. The van der Waals surface area contributed by atoms with Crippen molar-refractivity contribution in [3.8, 4) is 11.1 Å². The Kier molecular flexibility index (Phi) is 7.65. The monoisotopic (exact) mass is 424 g/mol. The van der Waals surface area contributed by atoms with E-state index in [0.717, 1.165) is 28.7 Å². The molecular formula is C24H28N2O5. The molecule has 0 bridgehead atoms. The average molecular weight is 424 g/mol. The molecule has 3 rings (SSSR count). The molecule has 7 nitrogen and oxygen atoms in total. The molecule has 0 saturated heterocycles. The van der Waals surface area contributed by atoms with E-state index in [1.165, 1.54) is 0 Å². The summed E-state index contributed by atoms with van der Waals surface area (Å²) in [5.74, 6) is -1.15. The summed E-state index contributed by atoms with van der Waals surface area (Å²) in [6.45, 7) is 2.23. The molecule has 0 heterocycles. The first-order chi connectivity index (χ1) is 15.0. The van der Waals surface area contributed by atoms with Crippen LogP contribution in [0, 0.1) is 0 Å². The predicted molar refractivity (Wildman–Crippen MR) is 117 cm³/mol. The van der Waals surface area contributed by atoms with Crippen LogP contribution in [-0.4, -0.2) is 42.3 Å². The molecule has 3 N–H and O–H groups in total. The van der Waals surface area contributed by atoms with Crippen molar-refractivity contribution in [2.45, 2.75) is 44.6 Å². The van der Waals surface area contributed by atoms with Crippen LogP contribution in [0.25, 0.3) is 11.1 Å². The van der Waals surface area contributed by atoms with Gasteiger partial charge >= 0.3 is 12.1 Å². The number of carbonyl (C=O) groups excluding carboxylic acids is 2. The number of aliphatic carboxylic acids is 1. The molecule has 164 valence electrons. The standard InChI is InChI=1S/C24H28N2O5/c1-16(23(29)25-14-8-2-3-13-22(27)28)26-24(30)31-15-21-19-11-6-4-9-17(19)18-10-5-7-12-20(18)21/h4-7,9-12,16,21H,2-3,8,13-15H2,1H3,(H,25,29)(H,26,30)(H,27,28). The number of carboxylic acid groups (broad SMARTS) is 1. The number of carboxylic acids is 1. The number of rotatable bonds is 10. The molecule has 2 aromatic carbocycles. The summed E-state index contributed by atoms with van der Waals surface area (Å²) < 4.78 is 5.45. The van der Waals surface area contributed by atoms with Crippen molar-refractivity contribution in [1.82, 2.24) is 10.6 Å². The van der Waals surface area contributed by atoms with Crippen molar-refractivity contribution in [1.29, 1.82) is 0 Å². The lowest BCUT2D eigenvalue weighted by atomic mass is 9.98. The van der Waals surface area contributed by atoms with Gasteiger partial charge in [-0.25, -0.2) is 4.79 Å². The molecule has 31 heavy (non-hydrogen) atoms. The highest BCUT2D eigenvalue weighted by Gasteiger charge is 2.29. The van der Waals surface area contributed by atoms with Gasteiger partial charge in [0, 0.05) is 18.9 Å². The SMILES string of the molecule is CC(NC(=O)OCC1c2ccccc2-c2ccccc21)C(=O)NCCCCCC(=O)O. The van der Waals surface area contributed by atoms with Gasteiger partial charge < -0.3 is 20.5 Å². The fourth-order valence-corrected chi connectivity index (χ4v) is 3.83. The third kappa shape index (κ3) is 5.84. The van der Waals surface area contributed by atoms with Crippen LogP contribution in [0.15, 0.2) is 48.5 Å². The van der Waals surface area contributed by atoms with E-state index in [4.69, 9.17) is 9.84 Å². The molecule has 1 unspecified atom stereocenters. The molecule has 2 aromatic rings. The first-order valence-corrected chi connectivity index (χ1v) is 10.6. The third-order valence-electron chi connectivity index (χ3n) is 5.44. The van der Waals surface area contributed by atoms with Crippen molar-refractivity contribution < 1.29 is 24.2 Å². The van der Waals surface area contributed by atoms with Crippen LogP contribution in [0.5, 0.6) is 0 Å². The number of alkyl carbamates (subject to hydrolysis) is 1. The summed E-state index contributed by atoms with van der Waals surface area (Å²) in [7, 11) is 0. The van der Waals surface area contributed by atoms with Gasteiger partial charge in [-0.05, 0) is 42.0 Å². The Hall–Kier alpha value is -3.35. The summed E-state index contributed by atoms with van der Waals surface area (Å²) in [5.41, 5.74) is 4.57. The normalized spacial score (nSPS) is 13.1. The smallest absolute Gasteiger partial charge is 0.407 e. The van der Waals surface area contributed by atoms with E-state index in [1.807, 2.05) is 36.4 Å². The van der Waals surface area contributed by atoms with E-state index in [-0.39, 0.29) is 24.9 Å². The summed E-state index contributed by atoms with van der Waals surface area (Å²) in [6, 6.07) is 15.5. The van der Waals surface area contributed by atoms with Gasteiger partial charge in [0.15, 0.2) is 0 Å². The second kappa shape index (κ2) is 10.6. The lowest BCUT2D eigenvalue weighted by Crippen LogP contribution is -2.45. The summed E-state index contributed by atoms with van der Waals surface area (Å²) in [5, 5.41) is 13.9. The summed E-state index contributed by atoms with van der Waals surface area (Å²) in [4.78, 5) is 34.8. The molecule has 0 saturated carbocycles. The second-order valence-corrected chi connectivity index (χ2v) is 7.69. The number of amides is 2. The van der Waals surface area contributed by atoms with Gasteiger partial charge in [-0.15, -0.1) is 0 Å². The van der Waals surface area contributed by atoms with Gasteiger partial charge in [-0.3, -0.25) is 9.59 Å². The maximum atomic E-state index is 12.2. The Bertz CT molecular complexity index is 898. The largest absolute Gasteiger partial charge is 0.481 e. The van der Waals surface area contributed by atoms with Crippen LogP contribution in [-0.2, 0) is 14.3 Å². The number of hydrogen-bond acceptors (Lipinski definition) is 4. The molecular weight excluding hydrogens is 396 g/mol. The lowest BCUT2D eigenvalue weighted by molar-refractivity contribution is -0.137. The van der Waals surface area contributed by atoms with Gasteiger partial charge in [0.2, 0.25) is 5.91 Å². The number of benzene rings is 2. The van der Waals surface area contributed by atoms with E-state index >= 15 is 0 Å². The second-order valence-electron chi connectivity index (χ2n) is 7.69. The maximum absolute atomic E-state index is 12.2. The van der Waals surface area contributed by atoms with Crippen molar-refractivity contribution in [2.24, 2.45) is 0 Å². The first kappa shape index (κ1) is 22.3. The molecule has 0 aliphatic heterocycles. The quantitative estimate of drug-likeness (QED) is 0.505. The minimum absolute atomic E-state index is 0.0342. The molecule has 0 spiro atoms. The van der Waals surface area contributed by atoms with Crippen LogP contribution in [0.3, 0.4) is 0 Å². The topological polar surface area (TPSA) is 105 Å². The van der Waals surface area contributed by atoms with Gasteiger partial charge in [-0.1, -0.05) is 55.0 Å². The molecule has 0 fully saturated rings. The molecule has 1 atom stereocenters. The Labute approximate surface area is 181 Å². The van der Waals surface area contributed by atoms with Crippen LogP contribution in [0.1, 0.15) is 49.7 Å². The Morgan fingerprint density at radius 3 is 2.19 bits per heavy atom. The van der Waals surface area contributed by atoms with E-state index in [0.29, 0.717) is 19.4 Å². The minimum atomic E-state index is -0.815. The average Bonchev–Trinajstić information content (AvgIpc) is 3.08. The van der Waals surface area contributed by atoms with Crippen LogP contribution in [0.2, 0.25) is 0 Å². The molecule has 1 aliphatic carbocycles. The van der Waals surface area contributed by atoms with E-state index in [9.17, 15) is 14.4 Å².